The van der Waals surface area contributed by atoms with Crippen LogP contribution in [0.25, 0.3) is 33.3 Å². The van der Waals surface area contributed by atoms with E-state index in [-0.39, 0.29) is 0 Å². The van der Waals surface area contributed by atoms with Gasteiger partial charge < -0.3 is 14.2 Å². The maximum Gasteiger partial charge on any atom is 0.161 e. The van der Waals surface area contributed by atoms with Crippen molar-refractivity contribution in [3.63, 3.8) is 0 Å². The van der Waals surface area contributed by atoms with Gasteiger partial charge in [0.05, 0.1) is 37.1 Å². The summed E-state index contributed by atoms with van der Waals surface area (Å²) in [4.78, 5) is 8.99. The topological polar surface area (TPSA) is 53.5 Å². The van der Waals surface area contributed by atoms with Crippen LogP contribution in [0.15, 0.2) is 60.9 Å². The van der Waals surface area contributed by atoms with E-state index >= 15 is 0 Å². The van der Waals surface area contributed by atoms with E-state index in [0.717, 1.165) is 39.7 Å². The van der Waals surface area contributed by atoms with Crippen molar-refractivity contribution in [2.24, 2.45) is 0 Å². The SMILES string of the molecule is CCCOc1ccc(-c2ccc3ncnc(-c4ccc(OC)c(OC)c4)c3c2)cc1Cl. The Morgan fingerprint density at radius 3 is 2.23 bits per heavy atom. The lowest BCUT2D eigenvalue weighted by Crippen LogP contribution is -1.95. The molecule has 31 heavy (non-hydrogen) atoms. The molecule has 4 aromatic rings. The van der Waals surface area contributed by atoms with Crippen LogP contribution < -0.4 is 14.2 Å². The Balaban J connectivity index is 1.79. The summed E-state index contributed by atoms with van der Waals surface area (Å²) in [6.07, 6.45) is 2.51. The molecule has 0 aliphatic heterocycles. The molecule has 0 radical (unpaired) electrons. The molecule has 1 heterocycles. The zero-order chi connectivity index (χ0) is 21.8. The average molecular weight is 435 g/mol. The summed E-state index contributed by atoms with van der Waals surface area (Å²) in [5, 5.41) is 1.53. The van der Waals surface area contributed by atoms with E-state index in [9.17, 15) is 0 Å². The van der Waals surface area contributed by atoms with E-state index < -0.39 is 0 Å². The highest BCUT2D eigenvalue weighted by Gasteiger charge is 2.12. The Labute approximate surface area is 186 Å². The van der Waals surface area contributed by atoms with Crippen LogP contribution in [-0.2, 0) is 0 Å². The second-order valence-corrected chi connectivity index (χ2v) is 7.42. The first-order chi connectivity index (χ1) is 15.1. The molecule has 0 unspecified atom stereocenters. The molecule has 0 fully saturated rings. The highest BCUT2D eigenvalue weighted by atomic mass is 35.5. The molecule has 0 saturated carbocycles. The molecule has 158 valence electrons. The van der Waals surface area contributed by atoms with Crippen LogP contribution in [-0.4, -0.2) is 30.8 Å². The number of hydrogen-bond acceptors (Lipinski definition) is 5. The lowest BCUT2D eigenvalue weighted by atomic mass is 10.00. The van der Waals surface area contributed by atoms with Crippen molar-refractivity contribution in [2.45, 2.75) is 13.3 Å². The first-order valence-corrected chi connectivity index (χ1v) is 10.4. The van der Waals surface area contributed by atoms with E-state index in [1.807, 2.05) is 48.5 Å². The molecule has 0 bridgehead atoms. The van der Waals surface area contributed by atoms with Crippen LogP contribution in [0, 0.1) is 0 Å². The number of nitrogens with zero attached hydrogens (tertiary/aromatic N) is 2. The molecule has 6 heteroatoms. The van der Waals surface area contributed by atoms with Crippen molar-refractivity contribution in [3.8, 4) is 39.6 Å². The predicted octanol–water partition coefficient (Wildman–Crippen LogP) is 6.42. The third-order valence-corrected chi connectivity index (χ3v) is 5.31. The molecule has 0 amide bonds. The van der Waals surface area contributed by atoms with Gasteiger partial charge in [0, 0.05) is 10.9 Å². The van der Waals surface area contributed by atoms with Crippen molar-refractivity contribution in [1.82, 2.24) is 9.97 Å². The number of ether oxygens (including phenoxy) is 3. The molecular weight excluding hydrogens is 412 g/mol. The van der Waals surface area contributed by atoms with Gasteiger partial charge >= 0.3 is 0 Å². The summed E-state index contributed by atoms with van der Waals surface area (Å²) in [5.74, 6) is 2.02. The van der Waals surface area contributed by atoms with Crippen LogP contribution >= 0.6 is 11.6 Å². The molecule has 4 rings (SSSR count). The fourth-order valence-electron chi connectivity index (χ4n) is 3.46. The van der Waals surface area contributed by atoms with Crippen molar-refractivity contribution >= 4 is 22.5 Å². The van der Waals surface area contributed by atoms with Gasteiger partial charge in [-0.3, -0.25) is 0 Å². The third-order valence-electron chi connectivity index (χ3n) is 5.02. The van der Waals surface area contributed by atoms with Gasteiger partial charge in [-0.1, -0.05) is 30.7 Å². The van der Waals surface area contributed by atoms with Crippen molar-refractivity contribution in [2.75, 3.05) is 20.8 Å². The molecule has 1 aromatic heterocycles. The molecule has 0 aliphatic carbocycles. The number of hydrogen-bond donors (Lipinski definition) is 0. The van der Waals surface area contributed by atoms with Gasteiger partial charge in [0.2, 0.25) is 0 Å². The second-order valence-electron chi connectivity index (χ2n) is 7.02. The fraction of sp³-hybridized carbons (Fsp3) is 0.200. The quantitative estimate of drug-likeness (QED) is 0.335. The van der Waals surface area contributed by atoms with E-state index in [4.69, 9.17) is 25.8 Å². The van der Waals surface area contributed by atoms with E-state index in [2.05, 4.69) is 23.0 Å². The maximum atomic E-state index is 6.45. The largest absolute Gasteiger partial charge is 0.493 e. The fourth-order valence-corrected chi connectivity index (χ4v) is 3.69. The predicted molar refractivity (Wildman–Crippen MR) is 124 cm³/mol. The lowest BCUT2D eigenvalue weighted by Gasteiger charge is -2.12. The van der Waals surface area contributed by atoms with Gasteiger partial charge in [-0.2, -0.15) is 0 Å². The highest BCUT2D eigenvalue weighted by Crippen LogP contribution is 2.36. The van der Waals surface area contributed by atoms with Gasteiger partial charge in [0.15, 0.2) is 11.5 Å². The Hall–Kier alpha value is -3.31. The van der Waals surface area contributed by atoms with Gasteiger partial charge in [0.1, 0.15) is 12.1 Å². The summed E-state index contributed by atoms with van der Waals surface area (Å²) in [6, 6.07) is 17.7. The minimum atomic E-state index is 0.593. The van der Waals surface area contributed by atoms with Crippen molar-refractivity contribution in [3.05, 3.63) is 65.9 Å². The number of fused-ring (bicyclic) bond motifs is 1. The van der Waals surface area contributed by atoms with Gasteiger partial charge in [-0.05, 0) is 60.0 Å². The molecular formula is C25H23ClN2O3. The maximum absolute atomic E-state index is 6.45. The molecule has 0 atom stereocenters. The minimum absolute atomic E-state index is 0.593. The standard InChI is InChI=1S/C25H23ClN2O3/c1-4-11-31-22-9-6-17(13-20(22)26)16-5-8-21-19(12-16)25(28-15-27-21)18-7-10-23(29-2)24(14-18)30-3/h5-10,12-15H,4,11H2,1-3H3. The third kappa shape index (κ3) is 4.28. The summed E-state index contributed by atoms with van der Waals surface area (Å²) < 4.78 is 16.5. The van der Waals surface area contributed by atoms with Gasteiger partial charge in [0.25, 0.3) is 0 Å². The minimum Gasteiger partial charge on any atom is -0.493 e. The average Bonchev–Trinajstić information content (AvgIpc) is 2.82. The first kappa shape index (κ1) is 20.9. The Morgan fingerprint density at radius 1 is 0.774 bits per heavy atom. The lowest BCUT2D eigenvalue weighted by molar-refractivity contribution is 0.317. The number of rotatable bonds is 7. The van der Waals surface area contributed by atoms with E-state index in [1.165, 1.54) is 0 Å². The smallest absolute Gasteiger partial charge is 0.161 e. The number of halogens is 1. The van der Waals surface area contributed by atoms with Crippen molar-refractivity contribution in [1.29, 1.82) is 0 Å². The first-order valence-electron chi connectivity index (χ1n) is 10.0. The summed E-state index contributed by atoms with van der Waals surface area (Å²) in [6.45, 7) is 2.70. The Bertz CT molecular complexity index is 1230. The molecule has 0 saturated heterocycles. The number of benzene rings is 3. The molecule has 0 aliphatic rings. The Kier molecular flexibility index (Phi) is 6.23. The van der Waals surface area contributed by atoms with E-state index in [0.29, 0.717) is 28.9 Å². The van der Waals surface area contributed by atoms with Crippen LogP contribution in [0.3, 0.4) is 0 Å². The zero-order valence-electron chi connectivity index (χ0n) is 17.7. The summed E-state index contributed by atoms with van der Waals surface area (Å²) >= 11 is 6.45. The molecule has 3 aromatic carbocycles. The normalized spacial score (nSPS) is 10.8. The Morgan fingerprint density at radius 2 is 1.48 bits per heavy atom. The van der Waals surface area contributed by atoms with Crippen LogP contribution in [0.4, 0.5) is 0 Å². The monoisotopic (exact) mass is 434 g/mol. The van der Waals surface area contributed by atoms with Crippen LogP contribution in [0.2, 0.25) is 5.02 Å². The zero-order valence-corrected chi connectivity index (χ0v) is 18.4. The summed E-state index contributed by atoms with van der Waals surface area (Å²) in [7, 11) is 3.24. The number of methoxy groups -OCH3 is 2. The van der Waals surface area contributed by atoms with E-state index in [1.54, 1.807) is 20.5 Å². The summed E-state index contributed by atoms with van der Waals surface area (Å²) in [5.41, 5.74) is 4.62. The van der Waals surface area contributed by atoms with Gasteiger partial charge in [-0.25, -0.2) is 9.97 Å². The van der Waals surface area contributed by atoms with Gasteiger partial charge in [-0.15, -0.1) is 0 Å². The number of aromatic nitrogens is 2. The van der Waals surface area contributed by atoms with Crippen molar-refractivity contribution < 1.29 is 14.2 Å². The molecule has 5 nitrogen and oxygen atoms in total. The van der Waals surface area contributed by atoms with Crippen LogP contribution in [0.1, 0.15) is 13.3 Å². The highest BCUT2D eigenvalue weighted by molar-refractivity contribution is 6.32. The molecule has 0 spiro atoms. The second kappa shape index (κ2) is 9.23. The molecule has 0 N–H and O–H groups in total. The van der Waals surface area contributed by atoms with Crippen LogP contribution in [0.5, 0.6) is 17.2 Å².